The molecule has 0 saturated carbocycles. The van der Waals surface area contributed by atoms with Gasteiger partial charge in [-0.05, 0) is 81.0 Å². The third-order valence-corrected chi connectivity index (χ3v) is 7.48. The maximum Gasteiger partial charge on any atom is 0.236 e. The number of ether oxygens (including phenoxy) is 1. The zero-order valence-electron chi connectivity index (χ0n) is 18.9. The van der Waals surface area contributed by atoms with Gasteiger partial charge in [-0.15, -0.1) is 0 Å². The first-order valence-corrected chi connectivity index (χ1v) is 12.5. The predicted molar refractivity (Wildman–Crippen MR) is 144 cm³/mol. The average molecular weight is 557 g/mol. The maximum atomic E-state index is 13.9. The molecule has 0 spiro atoms. The lowest BCUT2D eigenvalue weighted by Gasteiger charge is -2.56. The Labute approximate surface area is 217 Å². The molecule has 34 heavy (non-hydrogen) atoms. The number of thiocarbonyl (C=S) groups is 1. The van der Waals surface area contributed by atoms with E-state index in [9.17, 15) is 4.79 Å². The highest BCUT2D eigenvalue weighted by atomic mass is 79.9. The monoisotopic (exact) mass is 555 g/mol. The quantitative estimate of drug-likeness (QED) is 0.360. The Bertz CT molecular complexity index is 1330. The van der Waals surface area contributed by atoms with Gasteiger partial charge >= 0.3 is 0 Å². The molecule has 2 aliphatic heterocycles. The second-order valence-corrected chi connectivity index (χ2v) is 10.6. The zero-order chi connectivity index (χ0) is 24.2. The summed E-state index contributed by atoms with van der Waals surface area (Å²) in [6.07, 6.45) is 0. The molecule has 8 heteroatoms. The van der Waals surface area contributed by atoms with Crippen LogP contribution >= 0.6 is 39.7 Å². The fourth-order valence-corrected chi connectivity index (χ4v) is 5.90. The van der Waals surface area contributed by atoms with E-state index in [-0.39, 0.29) is 11.9 Å². The number of aryl methyl sites for hydroxylation is 2. The number of carbonyl (C=O) groups is 1. The molecule has 3 aromatic rings. The number of nitrogens with one attached hydrogen (secondary N) is 2. The normalized spacial score (nSPS) is 23.0. The summed E-state index contributed by atoms with van der Waals surface area (Å²) in [4.78, 5) is 15.8. The van der Waals surface area contributed by atoms with Crippen LogP contribution in [0.15, 0.2) is 65.1 Å². The van der Waals surface area contributed by atoms with Crippen molar-refractivity contribution in [3.05, 3.63) is 86.8 Å². The topological polar surface area (TPSA) is 53.6 Å². The molecule has 3 atom stereocenters. The third kappa shape index (κ3) is 3.85. The fraction of sp³-hybridized carbons (Fsp3) is 0.231. The largest absolute Gasteiger partial charge is 0.467 e. The van der Waals surface area contributed by atoms with Crippen molar-refractivity contribution in [1.82, 2.24) is 5.32 Å². The van der Waals surface area contributed by atoms with Crippen molar-refractivity contribution in [3.63, 3.8) is 0 Å². The van der Waals surface area contributed by atoms with Crippen LogP contribution in [0.5, 0.6) is 5.75 Å². The van der Waals surface area contributed by atoms with E-state index >= 15 is 0 Å². The van der Waals surface area contributed by atoms with Gasteiger partial charge in [-0.1, -0.05) is 51.3 Å². The van der Waals surface area contributed by atoms with Crippen LogP contribution in [0.3, 0.4) is 0 Å². The molecule has 5 nitrogen and oxygen atoms in total. The predicted octanol–water partition coefficient (Wildman–Crippen LogP) is 6.52. The number of benzene rings is 3. The number of nitrogens with zero attached hydrogens (tertiary/aromatic N) is 1. The van der Waals surface area contributed by atoms with E-state index < -0.39 is 11.6 Å². The van der Waals surface area contributed by atoms with E-state index in [0.29, 0.717) is 15.9 Å². The number of anilines is 2. The molecule has 2 heterocycles. The Morgan fingerprint density at radius 2 is 1.97 bits per heavy atom. The minimum Gasteiger partial charge on any atom is -0.467 e. The van der Waals surface area contributed by atoms with E-state index in [1.54, 1.807) is 6.07 Å². The summed E-state index contributed by atoms with van der Waals surface area (Å²) >= 11 is 15.7. The van der Waals surface area contributed by atoms with Crippen LogP contribution in [-0.4, -0.2) is 16.7 Å². The smallest absolute Gasteiger partial charge is 0.236 e. The van der Waals surface area contributed by atoms with Crippen LogP contribution in [-0.2, 0) is 4.79 Å². The SMILES string of the molecule is Cc1ccc(NC(=O)[C@H]2[C@@H]3NC(=S)N(c4cccc(Cl)c4)[C@@]2(C)Oc2ccc(Br)cc23)c(C)c1. The molecule has 0 unspecified atom stereocenters. The number of hydrogen-bond acceptors (Lipinski definition) is 3. The van der Waals surface area contributed by atoms with Crippen molar-refractivity contribution in [1.29, 1.82) is 0 Å². The van der Waals surface area contributed by atoms with Gasteiger partial charge in [-0.25, -0.2) is 0 Å². The van der Waals surface area contributed by atoms with Gasteiger partial charge in [-0.3, -0.25) is 9.69 Å². The summed E-state index contributed by atoms with van der Waals surface area (Å²) in [5, 5.41) is 7.60. The van der Waals surface area contributed by atoms with E-state index in [4.69, 9.17) is 28.6 Å². The highest BCUT2D eigenvalue weighted by molar-refractivity contribution is 9.10. The van der Waals surface area contributed by atoms with Gasteiger partial charge in [0.05, 0.1) is 6.04 Å². The fourth-order valence-electron chi connectivity index (χ4n) is 4.92. The summed E-state index contributed by atoms with van der Waals surface area (Å²) < 4.78 is 7.52. The first kappa shape index (κ1) is 23.1. The van der Waals surface area contributed by atoms with Gasteiger partial charge in [-0.2, -0.15) is 0 Å². The van der Waals surface area contributed by atoms with E-state index in [0.717, 1.165) is 32.5 Å². The van der Waals surface area contributed by atoms with Crippen LogP contribution < -0.4 is 20.3 Å². The Kier molecular flexibility index (Phi) is 5.82. The molecule has 0 aromatic heterocycles. The molecule has 1 fully saturated rings. The van der Waals surface area contributed by atoms with Gasteiger partial charge in [0.1, 0.15) is 11.7 Å². The number of amides is 1. The zero-order valence-corrected chi connectivity index (χ0v) is 22.0. The standard InChI is InChI=1S/C26H23BrClN3O2S/c1-14-7-9-20(15(2)11-14)29-24(32)22-23-19-12-16(27)8-10-21(19)33-26(22,3)31(25(34)30-23)18-6-4-5-17(28)13-18/h4-13,22-23H,1-3H3,(H,29,32)(H,30,34)/t22-,23-,26+/m1/s1. The first-order chi connectivity index (χ1) is 16.2. The second kappa shape index (κ2) is 8.56. The number of hydrogen-bond donors (Lipinski definition) is 2. The Morgan fingerprint density at radius 1 is 1.18 bits per heavy atom. The average Bonchev–Trinajstić information content (AvgIpc) is 2.76. The number of fused-ring (bicyclic) bond motifs is 4. The van der Waals surface area contributed by atoms with Crippen molar-refractivity contribution in [2.45, 2.75) is 32.5 Å². The molecule has 2 aliphatic rings. The Hall–Kier alpha value is -2.61. The molecule has 0 radical (unpaired) electrons. The molecule has 2 N–H and O–H groups in total. The summed E-state index contributed by atoms with van der Waals surface area (Å²) in [5.41, 5.74) is 3.43. The lowest BCUT2D eigenvalue weighted by Crippen LogP contribution is -2.72. The van der Waals surface area contributed by atoms with Gasteiger partial charge in [0.2, 0.25) is 5.91 Å². The van der Waals surface area contributed by atoms with Crippen LogP contribution in [0.4, 0.5) is 11.4 Å². The van der Waals surface area contributed by atoms with Gasteiger partial charge in [0.15, 0.2) is 10.8 Å². The highest BCUT2D eigenvalue weighted by Gasteiger charge is 2.59. The molecular formula is C26H23BrClN3O2S. The van der Waals surface area contributed by atoms with Gasteiger partial charge in [0.25, 0.3) is 0 Å². The van der Waals surface area contributed by atoms with Crippen molar-refractivity contribution in [3.8, 4) is 5.75 Å². The summed E-state index contributed by atoms with van der Waals surface area (Å²) in [6.45, 7) is 5.92. The highest BCUT2D eigenvalue weighted by Crippen LogP contribution is 2.50. The summed E-state index contributed by atoms with van der Waals surface area (Å²) in [6, 6.07) is 18.8. The van der Waals surface area contributed by atoms with Gasteiger partial charge in [0, 0.05) is 26.4 Å². The van der Waals surface area contributed by atoms with E-state index in [1.165, 1.54) is 0 Å². The maximum absolute atomic E-state index is 13.9. The number of carbonyl (C=O) groups excluding carboxylic acids is 1. The summed E-state index contributed by atoms with van der Waals surface area (Å²) in [7, 11) is 0. The molecule has 2 bridgehead atoms. The summed E-state index contributed by atoms with van der Waals surface area (Å²) in [5.74, 6) is -0.0823. The minimum absolute atomic E-state index is 0.160. The second-order valence-electron chi connectivity index (χ2n) is 8.87. The Balaban J connectivity index is 1.63. The lowest BCUT2D eigenvalue weighted by molar-refractivity contribution is -0.130. The van der Waals surface area contributed by atoms with Crippen LogP contribution in [0.25, 0.3) is 0 Å². The molecule has 5 rings (SSSR count). The van der Waals surface area contributed by atoms with Crippen molar-refractivity contribution >= 4 is 62.1 Å². The minimum atomic E-state index is -1.10. The lowest BCUT2D eigenvalue weighted by atomic mass is 9.78. The molecule has 3 aromatic carbocycles. The van der Waals surface area contributed by atoms with Crippen LogP contribution in [0, 0.1) is 19.8 Å². The molecule has 0 aliphatic carbocycles. The van der Waals surface area contributed by atoms with E-state index in [2.05, 4.69) is 26.6 Å². The van der Waals surface area contributed by atoms with Crippen molar-refractivity contribution in [2.24, 2.45) is 5.92 Å². The number of halogens is 2. The Morgan fingerprint density at radius 3 is 2.71 bits per heavy atom. The number of rotatable bonds is 3. The molecule has 1 saturated heterocycles. The van der Waals surface area contributed by atoms with Gasteiger partial charge < -0.3 is 15.4 Å². The van der Waals surface area contributed by atoms with Crippen molar-refractivity contribution in [2.75, 3.05) is 10.2 Å². The molecular weight excluding hydrogens is 534 g/mol. The van der Waals surface area contributed by atoms with Crippen LogP contribution in [0.1, 0.15) is 29.7 Å². The van der Waals surface area contributed by atoms with E-state index in [1.807, 2.05) is 80.3 Å². The molecule has 1 amide bonds. The first-order valence-electron chi connectivity index (χ1n) is 10.9. The molecule has 174 valence electrons. The van der Waals surface area contributed by atoms with Crippen LogP contribution in [0.2, 0.25) is 5.02 Å². The third-order valence-electron chi connectivity index (χ3n) is 6.45. The van der Waals surface area contributed by atoms with Crippen molar-refractivity contribution < 1.29 is 9.53 Å².